The summed E-state index contributed by atoms with van der Waals surface area (Å²) in [7, 11) is 1.66. The standard InChI is InChI=1S/C11H18N2O2/c1-4-9(5-2)11(14-3)13-7-10-6-12-8-15-10/h6,8-9H,4-5,7H2,1-3H3. The van der Waals surface area contributed by atoms with Gasteiger partial charge in [0.15, 0.2) is 12.3 Å². The molecule has 84 valence electrons. The van der Waals surface area contributed by atoms with Crippen LogP contribution in [0.5, 0.6) is 0 Å². The van der Waals surface area contributed by atoms with Crippen LogP contribution in [0.25, 0.3) is 0 Å². The lowest BCUT2D eigenvalue weighted by atomic mass is 10.0. The van der Waals surface area contributed by atoms with Crippen LogP contribution < -0.4 is 0 Å². The van der Waals surface area contributed by atoms with E-state index in [1.54, 1.807) is 13.3 Å². The molecule has 0 unspecified atom stereocenters. The second-order valence-electron chi connectivity index (χ2n) is 3.34. The highest BCUT2D eigenvalue weighted by molar-refractivity contribution is 5.78. The summed E-state index contributed by atoms with van der Waals surface area (Å²) >= 11 is 0. The summed E-state index contributed by atoms with van der Waals surface area (Å²) in [5.74, 6) is 1.96. The first kappa shape index (κ1) is 11.8. The van der Waals surface area contributed by atoms with Crippen molar-refractivity contribution in [1.29, 1.82) is 0 Å². The lowest BCUT2D eigenvalue weighted by Gasteiger charge is -2.13. The largest absolute Gasteiger partial charge is 0.484 e. The van der Waals surface area contributed by atoms with E-state index in [-0.39, 0.29) is 0 Å². The molecule has 0 aliphatic carbocycles. The van der Waals surface area contributed by atoms with Crippen LogP contribution in [-0.2, 0) is 11.3 Å². The van der Waals surface area contributed by atoms with E-state index in [1.807, 2.05) is 0 Å². The molecule has 0 aliphatic rings. The van der Waals surface area contributed by atoms with Crippen molar-refractivity contribution in [2.75, 3.05) is 7.11 Å². The number of hydrogen-bond donors (Lipinski definition) is 0. The summed E-state index contributed by atoms with van der Waals surface area (Å²) in [5.41, 5.74) is 0. The summed E-state index contributed by atoms with van der Waals surface area (Å²) in [6, 6.07) is 0. The molecular weight excluding hydrogens is 192 g/mol. The Kier molecular flexibility index (Phi) is 4.87. The van der Waals surface area contributed by atoms with Gasteiger partial charge in [-0.1, -0.05) is 13.8 Å². The van der Waals surface area contributed by atoms with E-state index >= 15 is 0 Å². The molecule has 0 spiro atoms. The highest BCUT2D eigenvalue weighted by Crippen LogP contribution is 2.12. The van der Waals surface area contributed by atoms with Gasteiger partial charge in [0.1, 0.15) is 12.3 Å². The molecule has 0 atom stereocenters. The Bertz CT molecular complexity index is 290. The van der Waals surface area contributed by atoms with E-state index in [2.05, 4.69) is 23.8 Å². The second kappa shape index (κ2) is 6.22. The number of ether oxygens (including phenoxy) is 1. The Morgan fingerprint density at radius 1 is 1.53 bits per heavy atom. The first-order chi connectivity index (χ1) is 7.31. The third-order valence-corrected chi connectivity index (χ3v) is 2.42. The van der Waals surface area contributed by atoms with E-state index in [9.17, 15) is 0 Å². The van der Waals surface area contributed by atoms with Crippen molar-refractivity contribution >= 4 is 5.90 Å². The quantitative estimate of drug-likeness (QED) is 0.554. The molecule has 0 N–H and O–H groups in total. The minimum Gasteiger partial charge on any atom is -0.484 e. The smallest absolute Gasteiger partial charge is 0.186 e. The highest BCUT2D eigenvalue weighted by atomic mass is 16.5. The first-order valence-corrected chi connectivity index (χ1v) is 5.27. The zero-order chi connectivity index (χ0) is 11.1. The molecule has 1 aromatic rings. The van der Waals surface area contributed by atoms with Gasteiger partial charge < -0.3 is 9.15 Å². The predicted molar refractivity (Wildman–Crippen MR) is 58.7 cm³/mol. The van der Waals surface area contributed by atoms with Crippen molar-refractivity contribution in [3.05, 3.63) is 18.4 Å². The summed E-state index contributed by atoms with van der Waals surface area (Å²) < 4.78 is 10.4. The third kappa shape index (κ3) is 3.38. The Morgan fingerprint density at radius 3 is 2.73 bits per heavy atom. The van der Waals surface area contributed by atoms with E-state index in [4.69, 9.17) is 9.15 Å². The molecule has 0 amide bonds. The molecule has 0 saturated heterocycles. The van der Waals surface area contributed by atoms with Crippen LogP contribution in [0.4, 0.5) is 0 Å². The Balaban J connectivity index is 2.61. The van der Waals surface area contributed by atoms with Gasteiger partial charge in [0, 0.05) is 5.92 Å². The maximum absolute atomic E-state index is 5.28. The van der Waals surface area contributed by atoms with Gasteiger partial charge in [0.25, 0.3) is 0 Å². The van der Waals surface area contributed by atoms with Crippen LogP contribution in [0.3, 0.4) is 0 Å². The minimum absolute atomic E-state index is 0.401. The molecule has 0 fully saturated rings. The average Bonchev–Trinajstić information content (AvgIpc) is 2.77. The van der Waals surface area contributed by atoms with Crippen LogP contribution in [0.2, 0.25) is 0 Å². The van der Waals surface area contributed by atoms with Crippen LogP contribution in [0, 0.1) is 5.92 Å². The Labute approximate surface area is 90.4 Å². The molecule has 0 saturated carbocycles. The van der Waals surface area contributed by atoms with Gasteiger partial charge in [-0.05, 0) is 12.8 Å². The number of oxazole rings is 1. The topological polar surface area (TPSA) is 47.6 Å². The number of nitrogens with zero attached hydrogens (tertiary/aromatic N) is 2. The molecule has 15 heavy (non-hydrogen) atoms. The number of aliphatic imine (C=N–C) groups is 1. The molecule has 4 nitrogen and oxygen atoms in total. The van der Waals surface area contributed by atoms with Gasteiger partial charge >= 0.3 is 0 Å². The first-order valence-electron chi connectivity index (χ1n) is 5.27. The van der Waals surface area contributed by atoms with Gasteiger partial charge in [0.05, 0.1) is 13.3 Å². The lowest BCUT2D eigenvalue weighted by molar-refractivity contribution is 0.354. The number of rotatable bonds is 5. The maximum Gasteiger partial charge on any atom is 0.186 e. The van der Waals surface area contributed by atoms with Crippen molar-refractivity contribution < 1.29 is 9.15 Å². The molecular formula is C11H18N2O2. The molecule has 1 rings (SSSR count). The van der Waals surface area contributed by atoms with Crippen molar-refractivity contribution in [3.8, 4) is 0 Å². The van der Waals surface area contributed by atoms with Crippen molar-refractivity contribution in [1.82, 2.24) is 4.98 Å². The number of hydrogen-bond acceptors (Lipinski definition) is 4. The second-order valence-corrected chi connectivity index (χ2v) is 3.34. The van der Waals surface area contributed by atoms with Crippen molar-refractivity contribution in [2.24, 2.45) is 10.9 Å². The fraction of sp³-hybridized carbons (Fsp3) is 0.636. The molecule has 1 heterocycles. The van der Waals surface area contributed by atoms with Gasteiger partial charge in [-0.15, -0.1) is 0 Å². The summed E-state index contributed by atoms with van der Waals surface area (Å²) in [6.45, 7) is 4.77. The summed E-state index contributed by atoms with van der Waals surface area (Å²) in [6.07, 6.45) is 5.16. The average molecular weight is 210 g/mol. The normalized spacial score (nSPS) is 12.1. The van der Waals surface area contributed by atoms with Crippen molar-refractivity contribution in [3.63, 3.8) is 0 Å². The monoisotopic (exact) mass is 210 g/mol. The Morgan fingerprint density at radius 2 is 2.27 bits per heavy atom. The zero-order valence-electron chi connectivity index (χ0n) is 9.56. The molecule has 0 aromatic carbocycles. The summed E-state index contributed by atoms with van der Waals surface area (Å²) in [5, 5.41) is 0. The van der Waals surface area contributed by atoms with Crippen LogP contribution in [0.1, 0.15) is 32.4 Å². The predicted octanol–water partition coefficient (Wildman–Crippen LogP) is 2.66. The summed E-state index contributed by atoms with van der Waals surface area (Å²) in [4.78, 5) is 8.22. The van der Waals surface area contributed by atoms with Gasteiger partial charge in [-0.3, -0.25) is 0 Å². The molecule has 0 radical (unpaired) electrons. The minimum atomic E-state index is 0.401. The van der Waals surface area contributed by atoms with Crippen LogP contribution in [0.15, 0.2) is 22.0 Å². The van der Waals surface area contributed by atoms with E-state index < -0.39 is 0 Å². The zero-order valence-corrected chi connectivity index (χ0v) is 9.56. The van der Waals surface area contributed by atoms with Crippen molar-refractivity contribution in [2.45, 2.75) is 33.2 Å². The maximum atomic E-state index is 5.28. The molecule has 1 aromatic heterocycles. The van der Waals surface area contributed by atoms with Crippen LogP contribution >= 0.6 is 0 Å². The molecule has 0 aliphatic heterocycles. The molecule has 0 bridgehead atoms. The van der Waals surface area contributed by atoms with E-state index in [1.165, 1.54) is 6.39 Å². The van der Waals surface area contributed by atoms with Gasteiger partial charge in [0.2, 0.25) is 0 Å². The fourth-order valence-electron chi connectivity index (χ4n) is 1.47. The molecule has 4 heteroatoms. The Hall–Kier alpha value is -1.32. The SMILES string of the molecule is CCC(CC)C(=NCc1cnco1)OC. The van der Waals surface area contributed by atoms with Crippen LogP contribution in [-0.4, -0.2) is 18.0 Å². The number of aromatic nitrogens is 1. The van der Waals surface area contributed by atoms with Gasteiger partial charge in [-0.2, -0.15) is 0 Å². The lowest BCUT2D eigenvalue weighted by Crippen LogP contribution is -2.15. The highest BCUT2D eigenvalue weighted by Gasteiger charge is 2.12. The fourth-order valence-corrected chi connectivity index (χ4v) is 1.47. The van der Waals surface area contributed by atoms with Gasteiger partial charge in [-0.25, -0.2) is 9.98 Å². The van der Waals surface area contributed by atoms with E-state index in [0.29, 0.717) is 12.5 Å². The third-order valence-electron chi connectivity index (χ3n) is 2.42. The van der Waals surface area contributed by atoms with E-state index in [0.717, 1.165) is 24.5 Å². The number of methoxy groups -OCH3 is 1.